The molecule has 0 saturated carbocycles. The first kappa shape index (κ1) is 24.7. The number of aliphatic imine (C=N–C) groups is 1. The van der Waals surface area contributed by atoms with E-state index >= 15 is 0 Å². The number of benzene rings is 1. The van der Waals surface area contributed by atoms with E-state index < -0.39 is 0 Å². The Balaban J connectivity index is 0.00000320. The van der Waals surface area contributed by atoms with Gasteiger partial charge in [0.2, 0.25) is 0 Å². The van der Waals surface area contributed by atoms with E-state index in [2.05, 4.69) is 72.0 Å². The maximum atomic E-state index is 6.09. The summed E-state index contributed by atoms with van der Waals surface area (Å²) >= 11 is 0. The molecule has 2 atom stereocenters. The van der Waals surface area contributed by atoms with Crippen LogP contribution in [0.1, 0.15) is 44.7 Å². The van der Waals surface area contributed by atoms with Crippen molar-refractivity contribution in [2.75, 3.05) is 20.2 Å². The predicted octanol–water partition coefficient (Wildman–Crippen LogP) is 4.06. The van der Waals surface area contributed by atoms with E-state index in [9.17, 15) is 0 Å². The van der Waals surface area contributed by atoms with Crippen LogP contribution >= 0.6 is 24.0 Å². The summed E-state index contributed by atoms with van der Waals surface area (Å²) in [7, 11) is 1.81. The molecule has 2 aromatic rings. The van der Waals surface area contributed by atoms with Crippen molar-refractivity contribution < 1.29 is 4.74 Å². The lowest BCUT2D eigenvalue weighted by Crippen LogP contribution is -2.47. The summed E-state index contributed by atoms with van der Waals surface area (Å²) in [6.07, 6.45) is 6.59. The van der Waals surface area contributed by atoms with Crippen LogP contribution in [0.5, 0.6) is 0 Å². The molecule has 1 aliphatic rings. The second-order valence-corrected chi connectivity index (χ2v) is 8.90. The second kappa shape index (κ2) is 11.7. The molecule has 2 unspecified atom stereocenters. The smallest absolute Gasteiger partial charge is 0.191 e. The Morgan fingerprint density at radius 3 is 2.67 bits per heavy atom. The minimum absolute atomic E-state index is 0. The van der Waals surface area contributed by atoms with Crippen molar-refractivity contribution in [3.63, 3.8) is 0 Å². The maximum absolute atomic E-state index is 6.09. The largest absolute Gasteiger partial charge is 0.377 e. The second-order valence-electron chi connectivity index (χ2n) is 8.90. The Bertz CT molecular complexity index is 784. The third kappa shape index (κ3) is 7.27. The van der Waals surface area contributed by atoms with Gasteiger partial charge in [0.15, 0.2) is 5.96 Å². The molecular weight excluding hydrogens is 489 g/mol. The SMILES string of the molecule is CN=C(NCc1cnn(Cc2ccccc2)c1)NCC1CCCOC1C(C)(C)C.I. The van der Waals surface area contributed by atoms with Crippen LogP contribution in [-0.2, 0) is 17.8 Å². The maximum Gasteiger partial charge on any atom is 0.191 e. The molecule has 166 valence electrons. The van der Waals surface area contributed by atoms with E-state index in [0.29, 0.717) is 12.5 Å². The van der Waals surface area contributed by atoms with Gasteiger partial charge in [0.25, 0.3) is 0 Å². The lowest BCUT2D eigenvalue weighted by Gasteiger charge is -2.40. The van der Waals surface area contributed by atoms with Crippen LogP contribution in [0.2, 0.25) is 0 Å². The zero-order valence-electron chi connectivity index (χ0n) is 18.6. The van der Waals surface area contributed by atoms with E-state index in [4.69, 9.17) is 4.74 Å². The average Bonchev–Trinajstić information content (AvgIpc) is 3.15. The van der Waals surface area contributed by atoms with Gasteiger partial charge in [-0.2, -0.15) is 5.10 Å². The van der Waals surface area contributed by atoms with Gasteiger partial charge in [-0.15, -0.1) is 24.0 Å². The predicted molar refractivity (Wildman–Crippen MR) is 133 cm³/mol. The number of rotatable bonds is 6. The number of aromatic nitrogens is 2. The Hall–Kier alpha value is -1.61. The van der Waals surface area contributed by atoms with Crippen LogP contribution in [-0.4, -0.2) is 42.0 Å². The van der Waals surface area contributed by atoms with E-state index in [-0.39, 0.29) is 35.5 Å². The molecule has 2 N–H and O–H groups in total. The number of halogens is 1. The van der Waals surface area contributed by atoms with Crippen molar-refractivity contribution in [3.05, 3.63) is 53.9 Å². The van der Waals surface area contributed by atoms with Crippen molar-refractivity contribution in [3.8, 4) is 0 Å². The summed E-state index contributed by atoms with van der Waals surface area (Å²) in [5.41, 5.74) is 2.53. The molecule has 3 rings (SSSR count). The number of nitrogens with one attached hydrogen (secondary N) is 2. The Morgan fingerprint density at radius 1 is 1.20 bits per heavy atom. The minimum atomic E-state index is 0. The van der Waals surface area contributed by atoms with Crippen LogP contribution in [0.15, 0.2) is 47.7 Å². The standard InChI is InChI=1S/C23H35N5O.HI/c1-23(2,3)21-20(11-8-12-29-21)15-26-22(24-4)25-13-19-14-27-28(17-19)16-18-9-6-5-7-10-18;/h5-7,9-10,14,17,20-21H,8,11-13,15-16H2,1-4H3,(H2,24,25,26);1H. The van der Waals surface area contributed by atoms with Gasteiger partial charge in [-0.25, -0.2) is 0 Å². The third-order valence-electron chi connectivity index (χ3n) is 5.39. The first-order valence-electron chi connectivity index (χ1n) is 10.6. The molecule has 1 aromatic heterocycles. The molecule has 0 bridgehead atoms. The van der Waals surface area contributed by atoms with Crippen molar-refractivity contribution in [1.82, 2.24) is 20.4 Å². The van der Waals surface area contributed by atoms with Gasteiger partial charge in [-0.3, -0.25) is 9.67 Å². The molecule has 0 amide bonds. The van der Waals surface area contributed by atoms with Gasteiger partial charge in [0.05, 0.1) is 18.8 Å². The van der Waals surface area contributed by atoms with Gasteiger partial charge in [0, 0.05) is 44.4 Å². The summed E-state index contributed by atoms with van der Waals surface area (Å²) in [4.78, 5) is 4.38. The number of hydrogen-bond donors (Lipinski definition) is 2. The van der Waals surface area contributed by atoms with Crippen LogP contribution in [0.25, 0.3) is 0 Å². The van der Waals surface area contributed by atoms with Gasteiger partial charge in [-0.05, 0) is 23.8 Å². The zero-order chi connectivity index (χ0) is 20.7. The molecule has 1 saturated heterocycles. The molecule has 7 heteroatoms. The lowest BCUT2D eigenvalue weighted by atomic mass is 9.78. The highest BCUT2D eigenvalue weighted by atomic mass is 127. The van der Waals surface area contributed by atoms with Gasteiger partial charge < -0.3 is 15.4 Å². The fourth-order valence-corrected chi connectivity index (χ4v) is 4.00. The monoisotopic (exact) mass is 525 g/mol. The average molecular weight is 525 g/mol. The summed E-state index contributed by atoms with van der Waals surface area (Å²) in [6.45, 7) is 10.00. The molecule has 1 aromatic carbocycles. The molecule has 2 heterocycles. The highest BCUT2D eigenvalue weighted by molar-refractivity contribution is 14.0. The zero-order valence-corrected chi connectivity index (χ0v) is 20.9. The molecule has 1 aliphatic heterocycles. The summed E-state index contributed by atoms with van der Waals surface area (Å²) in [5, 5.41) is 11.4. The van der Waals surface area contributed by atoms with E-state index in [1.54, 1.807) is 0 Å². The Labute approximate surface area is 197 Å². The number of nitrogens with zero attached hydrogens (tertiary/aromatic N) is 3. The van der Waals surface area contributed by atoms with Crippen LogP contribution in [0.4, 0.5) is 0 Å². The first-order chi connectivity index (χ1) is 14.0. The van der Waals surface area contributed by atoms with Crippen LogP contribution in [0.3, 0.4) is 0 Å². The molecule has 30 heavy (non-hydrogen) atoms. The third-order valence-corrected chi connectivity index (χ3v) is 5.39. The molecular formula is C23H36IN5O. The quantitative estimate of drug-likeness (QED) is 0.340. The minimum Gasteiger partial charge on any atom is -0.377 e. The topological polar surface area (TPSA) is 63.5 Å². The summed E-state index contributed by atoms with van der Waals surface area (Å²) in [5.74, 6) is 1.31. The van der Waals surface area contributed by atoms with E-state index in [1.807, 2.05) is 24.0 Å². The molecule has 0 radical (unpaired) electrons. The van der Waals surface area contributed by atoms with Crippen LogP contribution < -0.4 is 10.6 Å². The number of guanidine groups is 1. The number of ether oxygens (including phenoxy) is 1. The summed E-state index contributed by atoms with van der Waals surface area (Å²) < 4.78 is 8.06. The highest BCUT2D eigenvalue weighted by Crippen LogP contribution is 2.33. The van der Waals surface area contributed by atoms with Crippen molar-refractivity contribution in [2.24, 2.45) is 16.3 Å². The van der Waals surface area contributed by atoms with Crippen molar-refractivity contribution in [2.45, 2.75) is 52.8 Å². The van der Waals surface area contributed by atoms with Crippen LogP contribution in [0, 0.1) is 11.3 Å². The molecule has 1 fully saturated rings. The Morgan fingerprint density at radius 2 is 1.97 bits per heavy atom. The van der Waals surface area contributed by atoms with Gasteiger partial charge in [-0.1, -0.05) is 51.1 Å². The number of hydrogen-bond acceptors (Lipinski definition) is 3. The van der Waals surface area contributed by atoms with E-state index in [1.165, 1.54) is 12.0 Å². The Kier molecular flexibility index (Phi) is 9.61. The van der Waals surface area contributed by atoms with Crippen molar-refractivity contribution >= 4 is 29.9 Å². The van der Waals surface area contributed by atoms with Gasteiger partial charge >= 0.3 is 0 Å². The van der Waals surface area contributed by atoms with E-state index in [0.717, 1.165) is 37.6 Å². The highest BCUT2D eigenvalue weighted by Gasteiger charge is 2.35. The fourth-order valence-electron chi connectivity index (χ4n) is 4.00. The fraction of sp³-hybridized carbons (Fsp3) is 0.565. The first-order valence-corrected chi connectivity index (χ1v) is 10.6. The van der Waals surface area contributed by atoms with Gasteiger partial charge in [0.1, 0.15) is 0 Å². The molecule has 6 nitrogen and oxygen atoms in total. The lowest BCUT2D eigenvalue weighted by molar-refractivity contribution is -0.0835. The normalized spacial score (nSPS) is 19.8. The summed E-state index contributed by atoms with van der Waals surface area (Å²) in [6, 6.07) is 10.4. The van der Waals surface area contributed by atoms with Crippen molar-refractivity contribution in [1.29, 1.82) is 0 Å². The molecule has 0 aliphatic carbocycles. The molecule has 0 spiro atoms.